The monoisotopic (exact) mass is 519 g/mol. The van der Waals surface area contributed by atoms with Gasteiger partial charge in [0.1, 0.15) is 23.4 Å². The van der Waals surface area contributed by atoms with E-state index in [1.54, 1.807) is 36.5 Å². The van der Waals surface area contributed by atoms with Gasteiger partial charge >= 0.3 is 6.18 Å². The van der Waals surface area contributed by atoms with Crippen molar-refractivity contribution in [3.8, 4) is 11.8 Å². The van der Waals surface area contributed by atoms with Crippen LogP contribution in [0.1, 0.15) is 30.7 Å². The number of alkyl halides is 3. The van der Waals surface area contributed by atoms with E-state index >= 15 is 0 Å². The number of anilines is 2. The lowest BCUT2D eigenvalue weighted by Gasteiger charge is -2.27. The number of ether oxygens (including phenoxy) is 1. The molecule has 11 heteroatoms. The Morgan fingerprint density at radius 1 is 1.17 bits per heavy atom. The molecule has 0 spiro atoms. The molecule has 0 amide bonds. The van der Waals surface area contributed by atoms with Crippen LogP contribution < -0.4 is 14.4 Å². The Bertz CT molecular complexity index is 1210. The van der Waals surface area contributed by atoms with Crippen LogP contribution >= 0.6 is 11.9 Å². The smallest absolute Gasteiger partial charge is 0.404 e. The predicted molar refractivity (Wildman–Crippen MR) is 130 cm³/mol. The molecule has 2 heterocycles. The van der Waals surface area contributed by atoms with Crippen LogP contribution in [-0.4, -0.2) is 29.3 Å². The van der Waals surface area contributed by atoms with Gasteiger partial charge in [0.25, 0.3) is 0 Å². The van der Waals surface area contributed by atoms with Crippen molar-refractivity contribution in [2.24, 2.45) is 0 Å². The molecule has 0 radical (unpaired) electrons. The highest BCUT2D eigenvalue weighted by Gasteiger charge is 2.35. The van der Waals surface area contributed by atoms with E-state index in [0.29, 0.717) is 45.4 Å². The van der Waals surface area contributed by atoms with E-state index in [-0.39, 0.29) is 18.8 Å². The fourth-order valence-corrected chi connectivity index (χ4v) is 4.00. The van der Waals surface area contributed by atoms with Crippen LogP contribution in [-0.2, 0) is 19.4 Å². The SMILES string of the molecule is CCc1cc(N(Cc2ccc(SNC(C)C(F)(F)F)cn2)c2cc(OC)ccn2)c(CC#N)cc1F. The first kappa shape index (κ1) is 27.2. The minimum atomic E-state index is -4.35. The van der Waals surface area contributed by atoms with Crippen molar-refractivity contribution in [2.75, 3.05) is 12.0 Å². The summed E-state index contributed by atoms with van der Waals surface area (Å²) in [6.45, 7) is 3.09. The third-order valence-corrected chi connectivity index (χ3v) is 6.33. The lowest BCUT2D eigenvalue weighted by molar-refractivity contribution is -0.146. The number of hydrogen-bond donors (Lipinski definition) is 1. The Morgan fingerprint density at radius 2 is 1.94 bits per heavy atom. The molecule has 0 fully saturated rings. The van der Waals surface area contributed by atoms with Crippen molar-refractivity contribution in [3.05, 3.63) is 71.4 Å². The number of nitriles is 1. The Hall–Kier alpha value is -3.36. The van der Waals surface area contributed by atoms with Gasteiger partial charge in [-0.15, -0.1) is 0 Å². The van der Waals surface area contributed by atoms with Gasteiger partial charge < -0.3 is 9.64 Å². The van der Waals surface area contributed by atoms with Crippen molar-refractivity contribution in [1.29, 1.82) is 5.26 Å². The summed E-state index contributed by atoms with van der Waals surface area (Å²) in [5.74, 6) is 0.683. The predicted octanol–water partition coefficient (Wildman–Crippen LogP) is 6.14. The van der Waals surface area contributed by atoms with Gasteiger partial charge in [0.05, 0.1) is 31.8 Å². The average molecular weight is 520 g/mol. The lowest BCUT2D eigenvalue weighted by atomic mass is 10.0. The van der Waals surface area contributed by atoms with E-state index in [1.807, 2.05) is 11.8 Å². The highest BCUT2D eigenvalue weighted by molar-refractivity contribution is 7.97. The molecule has 2 aromatic heterocycles. The second kappa shape index (κ2) is 12.1. The quantitative estimate of drug-likeness (QED) is 0.255. The minimum absolute atomic E-state index is 0.0111. The van der Waals surface area contributed by atoms with Gasteiger partial charge in [0.15, 0.2) is 0 Å². The van der Waals surface area contributed by atoms with Gasteiger partial charge in [-0.05, 0) is 66.8 Å². The van der Waals surface area contributed by atoms with E-state index in [2.05, 4.69) is 20.8 Å². The number of methoxy groups -OCH3 is 1. The molecular formula is C25H25F4N5OS. The molecule has 1 atom stereocenters. The van der Waals surface area contributed by atoms with Gasteiger partial charge in [-0.25, -0.2) is 14.1 Å². The normalized spacial score (nSPS) is 12.2. The summed E-state index contributed by atoms with van der Waals surface area (Å²) in [7, 11) is 1.53. The molecule has 3 aromatic rings. The van der Waals surface area contributed by atoms with Crippen molar-refractivity contribution in [1.82, 2.24) is 14.7 Å². The summed E-state index contributed by atoms with van der Waals surface area (Å²) in [6.07, 6.45) is -0.846. The van der Waals surface area contributed by atoms with Crippen LogP contribution in [0.15, 0.2) is 53.7 Å². The number of nitrogens with one attached hydrogen (secondary N) is 1. The van der Waals surface area contributed by atoms with E-state index in [0.717, 1.165) is 18.9 Å². The highest BCUT2D eigenvalue weighted by Crippen LogP contribution is 2.33. The zero-order valence-electron chi connectivity index (χ0n) is 19.9. The van der Waals surface area contributed by atoms with Crippen LogP contribution in [0.5, 0.6) is 5.75 Å². The molecule has 0 bridgehead atoms. The molecule has 0 aliphatic rings. The first-order chi connectivity index (χ1) is 17.2. The van der Waals surface area contributed by atoms with Crippen LogP contribution in [0.2, 0.25) is 0 Å². The third-order valence-electron chi connectivity index (χ3n) is 5.38. The summed E-state index contributed by atoms with van der Waals surface area (Å²) < 4.78 is 60.5. The number of nitrogens with zero attached hydrogens (tertiary/aromatic N) is 4. The average Bonchev–Trinajstić information content (AvgIpc) is 2.86. The maximum atomic E-state index is 14.6. The van der Waals surface area contributed by atoms with Gasteiger partial charge in [0.2, 0.25) is 0 Å². The zero-order chi connectivity index (χ0) is 26.3. The number of rotatable bonds is 10. The second-order valence-corrected chi connectivity index (χ2v) is 8.78. The molecule has 6 nitrogen and oxygen atoms in total. The van der Waals surface area contributed by atoms with Crippen LogP contribution in [0.3, 0.4) is 0 Å². The molecule has 3 rings (SSSR count). The maximum absolute atomic E-state index is 14.6. The largest absolute Gasteiger partial charge is 0.497 e. The van der Waals surface area contributed by atoms with Gasteiger partial charge in [-0.2, -0.15) is 18.4 Å². The summed E-state index contributed by atoms with van der Waals surface area (Å²) in [5, 5.41) is 9.34. The minimum Gasteiger partial charge on any atom is -0.497 e. The third kappa shape index (κ3) is 6.86. The van der Waals surface area contributed by atoms with Crippen molar-refractivity contribution >= 4 is 23.5 Å². The van der Waals surface area contributed by atoms with E-state index < -0.39 is 12.2 Å². The Kier molecular flexibility index (Phi) is 9.12. The molecule has 1 N–H and O–H groups in total. The van der Waals surface area contributed by atoms with E-state index in [1.165, 1.54) is 19.4 Å². The standard InChI is InChI=1S/C25H25F4N5OS/c1-4-17-12-23(18(7-9-30)11-22(17)26)34(24-13-20(35-3)8-10-31-24)15-19-5-6-21(14-32-19)36-33-16(2)25(27,28)29/h5-6,8,10-14,16,33H,4,7,15H2,1-3H3. The zero-order valence-corrected chi connectivity index (χ0v) is 20.8. The summed E-state index contributed by atoms with van der Waals surface area (Å²) in [6, 6.07) is 10.2. The summed E-state index contributed by atoms with van der Waals surface area (Å²) in [4.78, 5) is 11.2. The number of benzene rings is 1. The Labute approximate surface area is 211 Å². The fourth-order valence-electron chi connectivity index (χ4n) is 3.31. The Morgan fingerprint density at radius 3 is 2.56 bits per heavy atom. The number of aromatic nitrogens is 2. The number of halogens is 4. The van der Waals surface area contributed by atoms with Crippen LogP contribution in [0.25, 0.3) is 0 Å². The van der Waals surface area contributed by atoms with Crippen molar-refractivity contribution in [3.63, 3.8) is 0 Å². The first-order valence-corrected chi connectivity index (χ1v) is 11.9. The Balaban J connectivity index is 1.96. The maximum Gasteiger partial charge on any atom is 0.404 e. The molecule has 36 heavy (non-hydrogen) atoms. The lowest BCUT2D eigenvalue weighted by Crippen LogP contribution is -2.35. The number of pyridine rings is 2. The van der Waals surface area contributed by atoms with E-state index in [4.69, 9.17) is 4.74 Å². The molecule has 0 saturated carbocycles. The second-order valence-electron chi connectivity index (χ2n) is 7.87. The molecule has 0 saturated heterocycles. The van der Waals surface area contributed by atoms with Crippen molar-refractivity contribution < 1.29 is 22.3 Å². The van der Waals surface area contributed by atoms with Gasteiger partial charge in [-0.1, -0.05) is 6.92 Å². The fraction of sp³-hybridized carbons (Fsp3) is 0.320. The highest BCUT2D eigenvalue weighted by atomic mass is 32.2. The van der Waals surface area contributed by atoms with Crippen LogP contribution in [0, 0.1) is 17.1 Å². The molecule has 0 aliphatic heterocycles. The van der Waals surface area contributed by atoms with E-state index in [9.17, 15) is 22.8 Å². The first-order valence-electron chi connectivity index (χ1n) is 11.1. The molecule has 1 unspecified atom stereocenters. The number of aryl methyl sites for hydroxylation is 1. The van der Waals surface area contributed by atoms with Crippen molar-refractivity contribution in [2.45, 2.75) is 50.3 Å². The topological polar surface area (TPSA) is 74.1 Å². The summed E-state index contributed by atoms with van der Waals surface area (Å²) >= 11 is 0.844. The van der Waals surface area contributed by atoms with Gasteiger partial charge in [-0.3, -0.25) is 4.98 Å². The molecule has 0 aliphatic carbocycles. The molecule has 190 valence electrons. The summed E-state index contributed by atoms with van der Waals surface area (Å²) in [5.41, 5.74) is 2.19. The van der Waals surface area contributed by atoms with Gasteiger partial charge in [0, 0.05) is 29.0 Å². The molecule has 1 aromatic carbocycles. The number of hydrogen-bond acceptors (Lipinski definition) is 7. The molecular weight excluding hydrogens is 494 g/mol. The van der Waals surface area contributed by atoms with Crippen LogP contribution in [0.4, 0.5) is 29.1 Å².